The molecule has 0 aliphatic carbocycles. The Kier molecular flexibility index (Phi) is 3.45. The number of nitrogen functional groups attached to an aromatic ring is 1. The molecule has 0 radical (unpaired) electrons. The third-order valence-electron chi connectivity index (χ3n) is 3.04. The minimum absolute atomic E-state index is 0.290. The summed E-state index contributed by atoms with van der Waals surface area (Å²) in [5.74, 6) is 1.08. The van der Waals surface area contributed by atoms with Gasteiger partial charge in [-0.05, 0) is 24.6 Å². The first-order valence-electron chi connectivity index (χ1n) is 6.56. The second-order valence-corrected chi connectivity index (χ2v) is 4.50. The summed E-state index contributed by atoms with van der Waals surface area (Å²) < 4.78 is 1.91. The maximum atomic E-state index is 5.73. The van der Waals surface area contributed by atoms with Crippen LogP contribution in [0.5, 0.6) is 0 Å². The second kappa shape index (κ2) is 5.56. The number of rotatable bonds is 5. The molecule has 6 nitrogen and oxygen atoms in total. The first kappa shape index (κ1) is 12.4. The number of nitrogens with zero attached hydrogens (tertiary/aromatic N) is 4. The number of benzene rings is 1. The van der Waals surface area contributed by atoms with E-state index in [4.69, 9.17) is 5.73 Å². The number of aryl methyl sites for hydroxylation is 1. The predicted octanol–water partition coefficient (Wildman–Crippen LogP) is 1.91. The molecular weight excluding hydrogens is 252 g/mol. The van der Waals surface area contributed by atoms with E-state index in [0.29, 0.717) is 5.95 Å². The fourth-order valence-corrected chi connectivity index (χ4v) is 2.11. The molecule has 3 rings (SSSR count). The molecule has 0 atom stereocenters. The summed E-state index contributed by atoms with van der Waals surface area (Å²) in [7, 11) is 0. The molecule has 3 N–H and O–H groups in total. The lowest BCUT2D eigenvalue weighted by Gasteiger charge is -2.09. The molecule has 0 unspecified atom stereocenters. The van der Waals surface area contributed by atoms with Gasteiger partial charge >= 0.3 is 0 Å². The van der Waals surface area contributed by atoms with Gasteiger partial charge in [-0.25, -0.2) is 4.98 Å². The summed E-state index contributed by atoms with van der Waals surface area (Å²) in [4.78, 5) is 8.49. The SMILES string of the molecule is Nc1nc(NCCCn2cccn2)c2ccccc2n1. The van der Waals surface area contributed by atoms with E-state index in [-0.39, 0.29) is 0 Å². The van der Waals surface area contributed by atoms with E-state index in [1.165, 1.54) is 0 Å². The number of anilines is 2. The molecule has 0 fully saturated rings. The van der Waals surface area contributed by atoms with Crippen LogP contribution in [0.25, 0.3) is 10.9 Å². The van der Waals surface area contributed by atoms with E-state index >= 15 is 0 Å². The minimum atomic E-state index is 0.290. The number of nitrogens with one attached hydrogen (secondary N) is 1. The molecule has 0 aliphatic rings. The van der Waals surface area contributed by atoms with Crippen LogP contribution in [0.2, 0.25) is 0 Å². The number of nitrogens with two attached hydrogens (primary N) is 1. The molecule has 0 saturated carbocycles. The van der Waals surface area contributed by atoms with Crippen molar-refractivity contribution in [1.29, 1.82) is 0 Å². The molecule has 0 aliphatic heterocycles. The molecule has 2 heterocycles. The highest BCUT2D eigenvalue weighted by Gasteiger charge is 2.04. The molecule has 102 valence electrons. The number of aromatic nitrogens is 4. The Morgan fingerprint density at radius 2 is 2.05 bits per heavy atom. The van der Waals surface area contributed by atoms with E-state index in [9.17, 15) is 0 Å². The summed E-state index contributed by atoms with van der Waals surface area (Å²) in [6.45, 7) is 1.68. The van der Waals surface area contributed by atoms with Crippen LogP contribution in [0.3, 0.4) is 0 Å². The molecule has 0 saturated heterocycles. The molecule has 20 heavy (non-hydrogen) atoms. The first-order chi connectivity index (χ1) is 9.83. The highest BCUT2D eigenvalue weighted by Crippen LogP contribution is 2.20. The normalized spacial score (nSPS) is 10.8. The van der Waals surface area contributed by atoms with Gasteiger partial charge in [-0.1, -0.05) is 12.1 Å². The fraction of sp³-hybridized carbons (Fsp3) is 0.214. The molecule has 2 aromatic heterocycles. The lowest BCUT2D eigenvalue weighted by atomic mass is 10.2. The van der Waals surface area contributed by atoms with Crippen molar-refractivity contribution in [3.05, 3.63) is 42.7 Å². The minimum Gasteiger partial charge on any atom is -0.369 e. The van der Waals surface area contributed by atoms with E-state index in [2.05, 4.69) is 20.4 Å². The van der Waals surface area contributed by atoms with Crippen molar-refractivity contribution in [3.63, 3.8) is 0 Å². The van der Waals surface area contributed by atoms with Crippen LogP contribution >= 0.6 is 0 Å². The standard InChI is InChI=1S/C14H16N6/c15-14-18-12-6-2-1-5-11(12)13(19-14)16-7-3-9-20-10-4-8-17-20/h1-2,4-6,8,10H,3,7,9H2,(H3,15,16,18,19). The number of fused-ring (bicyclic) bond motifs is 1. The van der Waals surface area contributed by atoms with Crippen LogP contribution in [0.1, 0.15) is 6.42 Å². The van der Waals surface area contributed by atoms with Gasteiger partial charge in [-0.15, -0.1) is 0 Å². The first-order valence-corrected chi connectivity index (χ1v) is 6.56. The van der Waals surface area contributed by atoms with Crippen molar-refractivity contribution >= 4 is 22.7 Å². The van der Waals surface area contributed by atoms with Gasteiger partial charge in [0.25, 0.3) is 0 Å². The van der Waals surface area contributed by atoms with Crippen molar-refractivity contribution in [2.75, 3.05) is 17.6 Å². The lowest BCUT2D eigenvalue weighted by Crippen LogP contribution is -2.09. The van der Waals surface area contributed by atoms with Crippen LogP contribution in [0.15, 0.2) is 42.7 Å². The van der Waals surface area contributed by atoms with Crippen molar-refractivity contribution < 1.29 is 0 Å². The Bertz CT molecular complexity index is 692. The van der Waals surface area contributed by atoms with Crippen molar-refractivity contribution in [3.8, 4) is 0 Å². The summed E-state index contributed by atoms with van der Waals surface area (Å²) in [6, 6.07) is 9.76. The zero-order valence-corrected chi connectivity index (χ0v) is 11.0. The van der Waals surface area contributed by atoms with Crippen LogP contribution in [0, 0.1) is 0 Å². The average Bonchev–Trinajstić information content (AvgIpc) is 2.96. The van der Waals surface area contributed by atoms with Crippen molar-refractivity contribution in [1.82, 2.24) is 19.7 Å². The second-order valence-electron chi connectivity index (χ2n) is 4.50. The van der Waals surface area contributed by atoms with E-state index < -0.39 is 0 Å². The Hall–Kier alpha value is -2.63. The van der Waals surface area contributed by atoms with E-state index in [1.54, 1.807) is 6.20 Å². The molecule has 0 bridgehead atoms. The Labute approximate surface area is 116 Å². The Morgan fingerprint density at radius 3 is 2.90 bits per heavy atom. The quantitative estimate of drug-likeness (QED) is 0.691. The zero-order chi connectivity index (χ0) is 13.8. The molecule has 6 heteroatoms. The molecule has 0 amide bonds. The molecule has 0 spiro atoms. The van der Waals surface area contributed by atoms with E-state index in [1.807, 2.05) is 41.2 Å². The molecule has 1 aromatic carbocycles. The Balaban J connectivity index is 1.68. The molecular formula is C14H16N6. The largest absolute Gasteiger partial charge is 0.369 e. The van der Waals surface area contributed by atoms with Crippen LogP contribution in [-0.2, 0) is 6.54 Å². The Morgan fingerprint density at radius 1 is 1.15 bits per heavy atom. The summed E-state index contributed by atoms with van der Waals surface area (Å²) in [5.41, 5.74) is 6.59. The monoisotopic (exact) mass is 268 g/mol. The third-order valence-corrected chi connectivity index (χ3v) is 3.04. The molecule has 3 aromatic rings. The summed E-state index contributed by atoms with van der Waals surface area (Å²) in [5, 5.41) is 8.47. The van der Waals surface area contributed by atoms with Gasteiger partial charge in [0, 0.05) is 30.9 Å². The smallest absolute Gasteiger partial charge is 0.222 e. The van der Waals surface area contributed by atoms with Gasteiger partial charge in [0.2, 0.25) is 5.95 Å². The summed E-state index contributed by atoms with van der Waals surface area (Å²) >= 11 is 0. The van der Waals surface area contributed by atoms with Gasteiger partial charge in [-0.2, -0.15) is 10.1 Å². The average molecular weight is 268 g/mol. The van der Waals surface area contributed by atoms with Crippen molar-refractivity contribution in [2.45, 2.75) is 13.0 Å². The highest BCUT2D eigenvalue weighted by atomic mass is 15.3. The maximum absolute atomic E-state index is 5.73. The third kappa shape index (κ3) is 2.69. The summed E-state index contributed by atoms with van der Waals surface area (Å²) in [6.07, 6.45) is 4.70. The van der Waals surface area contributed by atoms with Crippen LogP contribution < -0.4 is 11.1 Å². The zero-order valence-electron chi connectivity index (χ0n) is 11.0. The van der Waals surface area contributed by atoms with Crippen molar-refractivity contribution in [2.24, 2.45) is 0 Å². The lowest BCUT2D eigenvalue weighted by molar-refractivity contribution is 0.591. The number of hydrogen-bond donors (Lipinski definition) is 2. The van der Waals surface area contributed by atoms with Crippen LogP contribution in [0.4, 0.5) is 11.8 Å². The van der Waals surface area contributed by atoms with Crippen LogP contribution in [-0.4, -0.2) is 26.3 Å². The fourth-order valence-electron chi connectivity index (χ4n) is 2.11. The predicted molar refractivity (Wildman–Crippen MR) is 79.3 cm³/mol. The van der Waals surface area contributed by atoms with Gasteiger partial charge in [0.05, 0.1) is 5.52 Å². The van der Waals surface area contributed by atoms with Gasteiger partial charge < -0.3 is 11.1 Å². The highest BCUT2D eigenvalue weighted by molar-refractivity contribution is 5.89. The maximum Gasteiger partial charge on any atom is 0.222 e. The van der Waals surface area contributed by atoms with Gasteiger partial charge in [-0.3, -0.25) is 4.68 Å². The number of para-hydroxylation sites is 1. The topological polar surface area (TPSA) is 81.6 Å². The van der Waals surface area contributed by atoms with Gasteiger partial charge in [0.1, 0.15) is 5.82 Å². The number of hydrogen-bond acceptors (Lipinski definition) is 5. The van der Waals surface area contributed by atoms with E-state index in [0.717, 1.165) is 36.2 Å². The van der Waals surface area contributed by atoms with Gasteiger partial charge in [0.15, 0.2) is 0 Å².